The lowest BCUT2D eigenvalue weighted by Crippen LogP contribution is -2.50. The van der Waals surface area contributed by atoms with Gasteiger partial charge in [-0.05, 0) is 81.0 Å². The van der Waals surface area contributed by atoms with Crippen LogP contribution in [-0.4, -0.2) is 50.0 Å². The van der Waals surface area contributed by atoms with E-state index in [9.17, 15) is 18.0 Å². The minimum atomic E-state index is -3.56. The Morgan fingerprint density at radius 3 is 2.33 bits per heavy atom. The summed E-state index contributed by atoms with van der Waals surface area (Å²) >= 11 is 12.5. The van der Waals surface area contributed by atoms with E-state index in [2.05, 4.69) is 5.32 Å². The highest BCUT2D eigenvalue weighted by Crippen LogP contribution is 2.25. The zero-order valence-electron chi connectivity index (χ0n) is 23.2. The Balaban J connectivity index is 1.75. The first-order valence-corrected chi connectivity index (χ1v) is 16.1. The molecule has 1 saturated carbocycles. The standard InChI is InChI=1S/C29H39Cl2N3O4S/c1-20-12-15-26(17-21(20)2)34(39(4,37)38)16-8-11-28(35)33(19-23-13-14-24(30)18-27(23)31)22(3)29(36)32-25-9-6-5-7-10-25/h12-15,17-18,22,25H,5-11,16,19H2,1-4H3,(H,32,36)/t22-/m1/s1. The van der Waals surface area contributed by atoms with E-state index in [0.29, 0.717) is 27.7 Å². The highest BCUT2D eigenvalue weighted by molar-refractivity contribution is 7.92. The molecule has 3 rings (SSSR count). The Labute approximate surface area is 242 Å². The molecule has 0 radical (unpaired) electrons. The first-order chi connectivity index (χ1) is 18.4. The molecule has 1 atom stereocenters. The number of amides is 2. The van der Waals surface area contributed by atoms with Gasteiger partial charge in [0.15, 0.2) is 0 Å². The van der Waals surface area contributed by atoms with Crippen LogP contribution in [0.4, 0.5) is 5.69 Å². The number of hydrogen-bond donors (Lipinski definition) is 1. The third kappa shape index (κ3) is 8.85. The van der Waals surface area contributed by atoms with Gasteiger partial charge in [0.25, 0.3) is 0 Å². The van der Waals surface area contributed by atoms with Crippen molar-refractivity contribution in [2.24, 2.45) is 0 Å². The van der Waals surface area contributed by atoms with Crippen molar-refractivity contribution >= 4 is 50.7 Å². The van der Waals surface area contributed by atoms with Gasteiger partial charge >= 0.3 is 0 Å². The zero-order chi connectivity index (χ0) is 28.7. The Morgan fingerprint density at radius 1 is 1.03 bits per heavy atom. The smallest absolute Gasteiger partial charge is 0.242 e. The first kappa shape index (κ1) is 31.2. The van der Waals surface area contributed by atoms with E-state index in [1.165, 1.54) is 15.6 Å². The van der Waals surface area contributed by atoms with E-state index in [1.54, 1.807) is 31.2 Å². The van der Waals surface area contributed by atoms with E-state index in [-0.39, 0.29) is 37.4 Å². The van der Waals surface area contributed by atoms with Gasteiger partial charge in [-0.3, -0.25) is 13.9 Å². The predicted octanol–water partition coefficient (Wildman–Crippen LogP) is 6.02. The lowest BCUT2D eigenvalue weighted by Gasteiger charge is -2.32. The van der Waals surface area contributed by atoms with Crippen molar-refractivity contribution in [2.45, 2.75) is 84.3 Å². The summed E-state index contributed by atoms with van der Waals surface area (Å²) < 4.78 is 26.5. The molecule has 0 aromatic heterocycles. The highest BCUT2D eigenvalue weighted by Gasteiger charge is 2.29. The topological polar surface area (TPSA) is 86.8 Å². The van der Waals surface area contributed by atoms with Crippen LogP contribution in [0, 0.1) is 13.8 Å². The van der Waals surface area contributed by atoms with Crippen molar-refractivity contribution in [1.82, 2.24) is 10.2 Å². The van der Waals surface area contributed by atoms with Crippen LogP contribution in [0.2, 0.25) is 10.0 Å². The molecule has 1 fully saturated rings. The van der Waals surface area contributed by atoms with Crippen molar-refractivity contribution in [2.75, 3.05) is 17.1 Å². The molecule has 0 saturated heterocycles. The molecule has 1 aliphatic carbocycles. The largest absolute Gasteiger partial charge is 0.352 e. The minimum absolute atomic E-state index is 0.0725. The average Bonchev–Trinajstić information content (AvgIpc) is 2.87. The normalized spacial score (nSPS) is 15.0. The van der Waals surface area contributed by atoms with Gasteiger partial charge < -0.3 is 10.2 Å². The molecule has 2 aromatic carbocycles. The Morgan fingerprint density at radius 2 is 1.72 bits per heavy atom. The van der Waals surface area contributed by atoms with Crippen molar-refractivity contribution in [3.8, 4) is 0 Å². The maximum atomic E-state index is 13.5. The number of anilines is 1. The average molecular weight is 597 g/mol. The molecule has 2 aromatic rings. The predicted molar refractivity (Wildman–Crippen MR) is 159 cm³/mol. The fraction of sp³-hybridized carbons (Fsp3) is 0.517. The summed E-state index contributed by atoms with van der Waals surface area (Å²) in [6.07, 6.45) is 6.75. The molecular formula is C29H39Cl2N3O4S. The molecule has 7 nitrogen and oxygen atoms in total. The fourth-order valence-corrected chi connectivity index (χ4v) is 6.29. The van der Waals surface area contributed by atoms with Crippen molar-refractivity contribution in [3.05, 3.63) is 63.1 Å². The molecular weight excluding hydrogens is 557 g/mol. The molecule has 0 unspecified atom stereocenters. The molecule has 0 bridgehead atoms. The van der Waals surface area contributed by atoms with Crippen molar-refractivity contribution in [3.63, 3.8) is 0 Å². The maximum absolute atomic E-state index is 13.5. The lowest BCUT2D eigenvalue weighted by molar-refractivity contribution is -0.141. The number of hydrogen-bond acceptors (Lipinski definition) is 4. The number of nitrogens with zero attached hydrogens (tertiary/aromatic N) is 2. The molecule has 1 N–H and O–H groups in total. The van der Waals surface area contributed by atoms with Crippen LogP contribution in [0.3, 0.4) is 0 Å². The van der Waals surface area contributed by atoms with Gasteiger partial charge in [-0.2, -0.15) is 0 Å². The van der Waals surface area contributed by atoms with E-state index >= 15 is 0 Å². The van der Waals surface area contributed by atoms with Crippen LogP contribution in [0.25, 0.3) is 0 Å². The fourth-order valence-electron chi connectivity index (χ4n) is 4.87. The number of carbonyl (C=O) groups is 2. The second-order valence-electron chi connectivity index (χ2n) is 10.5. The number of benzene rings is 2. The molecule has 0 spiro atoms. The summed E-state index contributed by atoms with van der Waals surface area (Å²) in [5.74, 6) is -0.450. The van der Waals surface area contributed by atoms with E-state index in [0.717, 1.165) is 43.1 Å². The van der Waals surface area contributed by atoms with Crippen molar-refractivity contribution < 1.29 is 18.0 Å². The molecule has 2 amide bonds. The van der Waals surface area contributed by atoms with Gasteiger partial charge in [0.2, 0.25) is 21.8 Å². The van der Waals surface area contributed by atoms with Gasteiger partial charge in [-0.15, -0.1) is 0 Å². The summed E-state index contributed by atoms with van der Waals surface area (Å²) in [6.45, 7) is 5.90. The molecule has 10 heteroatoms. The molecule has 214 valence electrons. The number of sulfonamides is 1. The number of aryl methyl sites for hydroxylation is 2. The monoisotopic (exact) mass is 595 g/mol. The van der Waals surface area contributed by atoms with Crippen molar-refractivity contribution in [1.29, 1.82) is 0 Å². The van der Waals surface area contributed by atoms with Crippen LogP contribution in [0.5, 0.6) is 0 Å². The molecule has 1 aliphatic rings. The number of carbonyl (C=O) groups excluding carboxylic acids is 2. The second kappa shape index (κ2) is 13.9. The van der Waals surface area contributed by atoms with Gasteiger partial charge in [-0.25, -0.2) is 8.42 Å². The van der Waals surface area contributed by atoms with Crippen LogP contribution in [-0.2, 0) is 26.2 Å². The summed E-state index contributed by atoms with van der Waals surface area (Å²) in [7, 11) is -3.56. The molecule has 0 aliphatic heterocycles. The SMILES string of the molecule is Cc1ccc(N(CCCC(=O)N(Cc2ccc(Cl)cc2Cl)[C@H](C)C(=O)NC2CCCCC2)S(C)(=O)=O)cc1C. The van der Waals surface area contributed by atoms with E-state index in [4.69, 9.17) is 23.2 Å². The van der Waals surface area contributed by atoms with Crippen LogP contribution >= 0.6 is 23.2 Å². The van der Waals surface area contributed by atoms with E-state index in [1.807, 2.05) is 26.0 Å². The third-order valence-electron chi connectivity index (χ3n) is 7.41. The summed E-state index contributed by atoms with van der Waals surface area (Å²) in [5, 5.41) is 4.01. The van der Waals surface area contributed by atoms with Gasteiger partial charge in [0, 0.05) is 35.6 Å². The Hall–Kier alpha value is -2.29. The quantitative estimate of drug-likeness (QED) is 0.344. The number of halogens is 2. The summed E-state index contributed by atoms with van der Waals surface area (Å²) in [5.41, 5.74) is 3.30. The highest BCUT2D eigenvalue weighted by atomic mass is 35.5. The lowest BCUT2D eigenvalue weighted by atomic mass is 9.95. The third-order valence-corrected chi connectivity index (χ3v) is 9.19. The van der Waals surface area contributed by atoms with Crippen LogP contribution in [0.1, 0.15) is 68.6 Å². The van der Waals surface area contributed by atoms with E-state index < -0.39 is 16.1 Å². The summed E-state index contributed by atoms with van der Waals surface area (Å²) in [6, 6.07) is 9.96. The summed E-state index contributed by atoms with van der Waals surface area (Å²) in [4.78, 5) is 28.3. The van der Waals surface area contributed by atoms with Crippen LogP contribution < -0.4 is 9.62 Å². The van der Waals surface area contributed by atoms with Crippen LogP contribution in [0.15, 0.2) is 36.4 Å². The first-order valence-electron chi connectivity index (χ1n) is 13.5. The van der Waals surface area contributed by atoms with Gasteiger partial charge in [0.05, 0.1) is 11.9 Å². The van der Waals surface area contributed by atoms with Gasteiger partial charge in [0.1, 0.15) is 6.04 Å². The molecule has 39 heavy (non-hydrogen) atoms. The minimum Gasteiger partial charge on any atom is -0.352 e. The van der Waals surface area contributed by atoms with Gasteiger partial charge in [-0.1, -0.05) is 54.6 Å². The Bertz CT molecular complexity index is 1280. The maximum Gasteiger partial charge on any atom is 0.242 e. The number of rotatable bonds is 11. The zero-order valence-corrected chi connectivity index (χ0v) is 25.5. The molecule has 0 heterocycles. The second-order valence-corrected chi connectivity index (χ2v) is 13.2. The Kier molecular flexibility index (Phi) is 11.1. The number of nitrogens with one attached hydrogen (secondary N) is 1.